The molecule has 3 heterocycles. The second kappa shape index (κ2) is 7.41. The summed E-state index contributed by atoms with van der Waals surface area (Å²) in [6.07, 6.45) is 7.38. The van der Waals surface area contributed by atoms with Crippen LogP contribution in [-0.4, -0.2) is 35.4 Å². The summed E-state index contributed by atoms with van der Waals surface area (Å²) in [6, 6.07) is 10.4. The molecule has 2 N–H and O–H groups in total. The van der Waals surface area contributed by atoms with Crippen molar-refractivity contribution in [2.45, 2.75) is 30.2 Å². The van der Waals surface area contributed by atoms with Crippen molar-refractivity contribution >= 4 is 26.7 Å². The van der Waals surface area contributed by atoms with Crippen LogP contribution in [0, 0.1) is 0 Å². The van der Waals surface area contributed by atoms with Gasteiger partial charge in [-0.2, -0.15) is 4.31 Å². The normalized spacial score (nSPS) is 16.4. The molecule has 1 saturated heterocycles. The molecule has 1 aliphatic heterocycles. The van der Waals surface area contributed by atoms with E-state index in [0.717, 1.165) is 23.9 Å². The summed E-state index contributed by atoms with van der Waals surface area (Å²) in [7, 11) is -3.48. The molecule has 0 unspecified atom stereocenters. The van der Waals surface area contributed by atoms with E-state index in [1.807, 2.05) is 12.1 Å². The van der Waals surface area contributed by atoms with E-state index in [-0.39, 0.29) is 0 Å². The summed E-state index contributed by atoms with van der Waals surface area (Å²) in [6.45, 7) is 5.54. The molecule has 4 rings (SSSR count). The van der Waals surface area contributed by atoms with E-state index in [1.165, 1.54) is 5.56 Å². The fraction of sp³-hybridized carbons (Fsp3) is 0.286. The predicted octanol–water partition coefficient (Wildman–Crippen LogP) is 3.37. The zero-order chi connectivity index (χ0) is 19.7. The molecule has 1 aliphatic rings. The molecule has 28 heavy (non-hydrogen) atoms. The van der Waals surface area contributed by atoms with Gasteiger partial charge in [-0.15, -0.1) is 6.58 Å². The molecule has 0 saturated carbocycles. The Morgan fingerprint density at radius 2 is 1.89 bits per heavy atom. The quantitative estimate of drug-likeness (QED) is 0.530. The van der Waals surface area contributed by atoms with Crippen molar-refractivity contribution in [1.82, 2.24) is 13.9 Å². The number of sulfonamides is 1. The molecule has 1 aromatic carbocycles. The Balaban J connectivity index is 1.55. The van der Waals surface area contributed by atoms with Crippen LogP contribution in [0.5, 0.6) is 0 Å². The molecule has 146 valence electrons. The average molecular weight is 397 g/mol. The van der Waals surface area contributed by atoms with Crippen LogP contribution in [0.4, 0.5) is 5.69 Å². The summed E-state index contributed by atoms with van der Waals surface area (Å²) in [4.78, 5) is 4.81. The molecule has 0 aliphatic carbocycles. The van der Waals surface area contributed by atoms with Crippen LogP contribution in [0.3, 0.4) is 0 Å². The van der Waals surface area contributed by atoms with E-state index in [9.17, 15) is 8.42 Å². The smallest absolute Gasteiger partial charge is 0.243 e. The van der Waals surface area contributed by atoms with Gasteiger partial charge in [-0.1, -0.05) is 6.08 Å². The topological polar surface area (TPSA) is 81.2 Å². The molecule has 0 radical (unpaired) electrons. The van der Waals surface area contributed by atoms with Crippen LogP contribution < -0.4 is 5.73 Å². The van der Waals surface area contributed by atoms with E-state index >= 15 is 0 Å². The third kappa shape index (κ3) is 3.31. The number of nitrogen functional groups attached to an aromatic ring is 1. The van der Waals surface area contributed by atoms with E-state index in [2.05, 4.69) is 28.4 Å². The van der Waals surface area contributed by atoms with Gasteiger partial charge < -0.3 is 10.3 Å². The van der Waals surface area contributed by atoms with Crippen molar-refractivity contribution in [2.24, 2.45) is 0 Å². The second-order valence-corrected chi connectivity index (χ2v) is 9.09. The standard InChI is InChI=1S/C21H24N4O2S/c1-2-12-24-15-20(19-4-3-11-23-21(19)24)16-9-13-25(14-10-16)28(26,27)18-7-5-17(22)6-8-18/h2-8,11,15-16H,1,9-10,12-14,22H2. The fourth-order valence-corrected chi connectivity index (χ4v) is 5.42. The highest BCUT2D eigenvalue weighted by Gasteiger charge is 2.31. The Labute approximate surface area is 165 Å². The molecule has 0 amide bonds. The number of nitrogens with two attached hydrogens (primary N) is 1. The van der Waals surface area contributed by atoms with E-state index in [0.29, 0.717) is 36.1 Å². The molecule has 1 fully saturated rings. The predicted molar refractivity (Wildman–Crippen MR) is 112 cm³/mol. The summed E-state index contributed by atoms with van der Waals surface area (Å²) in [5.74, 6) is 0.315. The summed E-state index contributed by atoms with van der Waals surface area (Å²) in [5.41, 5.74) is 8.43. The lowest BCUT2D eigenvalue weighted by Gasteiger charge is -2.31. The monoisotopic (exact) mass is 396 g/mol. The largest absolute Gasteiger partial charge is 0.399 e. The van der Waals surface area contributed by atoms with Crippen LogP contribution in [0.15, 0.2) is 66.3 Å². The van der Waals surface area contributed by atoms with Crippen LogP contribution >= 0.6 is 0 Å². The molecule has 0 bridgehead atoms. The van der Waals surface area contributed by atoms with Crippen molar-refractivity contribution in [2.75, 3.05) is 18.8 Å². The summed E-state index contributed by atoms with van der Waals surface area (Å²) >= 11 is 0. The van der Waals surface area contributed by atoms with Gasteiger partial charge in [0.1, 0.15) is 5.65 Å². The zero-order valence-corrected chi connectivity index (χ0v) is 16.5. The van der Waals surface area contributed by atoms with Gasteiger partial charge in [0.15, 0.2) is 0 Å². The van der Waals surface area contributed by atoms with Gasteiger partial charge in [0.25, 0.3) is 0 Å². The Kier molecular flexibility index (Phi) is 4.95. The van der Waals surface area contributed by atoms with Gasteiger partial charge in [0.2, 0.25) is 10.0 Å². The van der Waals surface area contributed by atoms with Gasteiger partial charge in [-0.05, 0) is 60.7 Å². The van der Waals surface area contributed by atoms with Crippen molar-refractivity contribution in [3.8, 4) is 0 Å². The minimum absolute atomic E-state index is 0.298. The maximum Gasteiger partial charge on any atom is 0.243 e. The van der Waals surface area contributed by atoms with Crippen LogP contribution in [0.1, 0.15) is 24.3 Å². The Morgan fingerprint density at radius 3 is 2.57 bits per heavy atom. The van der Waals surface area contributed by atoms with E-state index in [1.54, 1.807) is 34.8 Å². The number of aromatic nitrogens is 2. The lowest BCUT2D eigenvalue weighted by atomic mass is 9.90. The summed E-state index contributed by atoms with van der Waals surface area (Å²) < 4.78 is 29.5. The third-order valence-electron chi connectivity index (χ3n) is 5.40. The first-order valence-corrected chi connectivity index (χ1v) is 10.8. The van der Waals surface area contributed by atoms with Crippen LogP contribution in [0.25, 0.3) is 11.0 Å². The molecule has 6 nitrogen and oxygen atoms in total. The third-order valence-corrected chi connectivity index (χ3v) is 7.31. The minimum atomic E-state index is -3.48. The lowest BCUT2D eigenvalue weighted by molar-refractivity contribution is 0.320. The number of fused-ring (bicyclic) bond motifs is 1. The van der Waals surface area contributed by atoms with Crippen LogP contribution in [0.2, 0.25) is 0 Å². The zero-order valence-electron chi connectivity index (χ0n) is 15.7. The number of benzene rings is 1. The first kappa shape index (κ1) is 18.7. The highest BCUT2D eigenvalue weighted by atomic mass is 32.2. The maximum atomic E-state index is 12.9. The number of hydrogen-bond donors (Lipinski definition) is 1. The Hall–Kier alpha value is -2.64. The number of piperidine rings is 1. The van der Waals surface area contributed by atoms with Gasteiger partial charge >= 0.3 is 0 Å². The molecule has 7 heteroatoms. The number of hydrogen-bond acceptors (Lipinski definition) is 4. The lowest BCUT2D eigenvalue weighted by Crippen LogP contribution is -2.37. The molecule has 0 spiro atoms. The molecular weight excluding hydrogens is 372 g/mol. The van der Waals surface area contributed by atoms with E-state index < -0.39 is 10.0 Å². The van der Waals surface area contributed by atoms with Gasteiger partial charge in [0.05, 0.1) is 4.90 Å². The van der Waals surface area contributed by atoms with Gasteiger partial charge in [-0.25, -0.2) is 13.4 Å². The number of allylic oxidation sites excluding steroid dienone is 1. The second-order valence-electron chi connectivity index (χ2n) is 7.15. The Bertz CT molecular complexity index is 1100. The number of pyridine rings is 1. The van der Waals surface area contributed by atoms with Crippen LogP contribution in [-0.2, 0) is 16.6 Å². The first-order chi connectivity index (χ1) is 13.5. The highest BCUT2D eigenvalue weighted by molar-refractivity contribution is 7.89. The number of rotatable bonds is 5. The number of nitrogens with zero attached hydrogens (tertiary/aromatic N) is 3. The molecule has 3 aromatic rings. The van der Waals surface area contributed by atoms with E-state index in [4.69, 9.17) is 5.73 Å². The van der Waals surface area contributed by atoms with Gasteiger partial charge in [0, 0.05) is 43.1 Å². The van der Waals surface area contributed by atoms with Crippen molar-refractivity contribution < 1.29 is 8.42 Å². The maximum absolute atomic E-state index is 12.9. The minimum Gasteiger partial charge on any atom is -0.399 e. The molecular formula is C21H24N4O2S. The van der Waals surface area contributed by atoms with Gasteiger partial charge in [-0.3, -0.25) is 0 Å². The highest BCUT2D eigenvalue weighted by Crippen LogP contribution is 2.35. The fourth-order valence-electron chi connectivity index (χ4n) is 3.95. The summed E-state index contributed by atoms with van der Waals surface area (Å²) in [5, 5.41) is 1.14. The first-order valence-electron chi connectivity index (χ1n) is 9.41. The number of anilines is 1. The molecule has 2 aromatic heterocycles. The van der Waals surface area contributed by atoms with Crippen molar-refractivity contribution in [3.63, 3.8) is 0 Å². The SMILES string of the molecule is C=CCn1cc(C2CCN(S(=O)(=O)c3ccc(N)cc3)CC2)c2cccnc21. The van der Waals surface area contributed by atoms with Crippen molar-refractivity contribution in [1.29, 1.82) is 0 Å². The Morgan fingerprint density at radius 1 is 1.18 bits per heavy atom. The molecule has 0 atom stereocenters. The van der Waals surface area contributed by atoms with Crippen molar-refractivity contribution in [3.05, 3.63) is 67.0 Å². The average Bonchev–Trinajstić information content (AvgIpc) is 3.07.